The fourth-order valence-corrected chi connectivity index (χ4v) is 1.37. The molecule has 0 saturated carbocycles. The Morgan fingerprint density at radius 3 is 2.53 bits per heavy atom. The van der Waals surface area contributed by atoms with Gasteiger partial charge in [0, 0.05) is 6.54 Å². The van der Waals surface area contributed by atoms with Gasteiger partial charge in [-0.05, 0) is 6.42 Å². The van der Waals surface area contributed by atoms with Crippen molar-refractivity contribution < 1.29 is 15.0 Å². The highest BCUT2D eigenvalue weighted by molar-refractivity contribution is 5.80. The van der Waals surface area contributed by atoms with E-state index in [4.69, 9.17) is 5.11 Å². The third kappa shape index (κ3) is 8.39. The lowest BCUT2D eigenvalue weighted by molar-refractivity contribution is -0.129. The van der Waals surface area contributed by atoms with Crippen molar-refractivity contribution in [3.63, 3.8) is 0 Å². The van der Waals surface area contributed by atoms with Crippen molar-refractivity contribution in [3.05, 3.63) is 0 Å². The number of carbonyl (C=O) groups is 1. The maximum atomic E-state index is 11.1. The largest absolute Gasteiger partial charge is 0.395 e. The molecule has 0 fully saturated rings. The van der Waals surface area contributed by atoms with E-state index in [2.05, 4.69) is 12.2 Å². The summed E-state index contributed by atoms with van der Waals surface area (Å²) in [6, 6.07) is 0. The zero-order chi connectivity index (χ0) is 11.5. The molecule has 0 radical (unpaired) electrons. The number of hydrogen-bond donors (Lipinski definition) is 3. The van der Waals surface area contributed by atoms with Crippen molar-refractivity contribution in [1.82, 2.24) is 5.32 Å². The molecule has 1 atom stereocenters. The van der Waals surface area contributed by atoms with Gasteiger partial charge in [0.25, 0.3) is 0 Å². The summed E-state index contributed by atoms with van der Waals surface area (Å²) in [7, 11) is 0. The average molecular weight is 217 g/mol. The molecule has 0 aliphatic heterocycles. The summed E-state index contributed by atoms with van der Waals surface area (Å²) in [5.41, 5.74) is 0. The first-order valence-corrected chi connectivity index (χ1v) is 5.79. The van der Waals surface area contributed by atoms with Crippen molar-refractivity contribution >= 4 is 5.91 Å². The predicted octanol–water partition coefficient (Wildman–Crippen LogP) is 0.816. The van der Waals surface area contributed by atoms with Crippen molar-refractivity contribution in [2.45, 2.75) is 51.6 Å². The van der Waals surface area contributed by atoms with E-state index in [0.717, 1.165) is 12.8 Å². The first-order chi connectivity index (χ1) is 7.22. The lowest BCUT2D eigenvalue weighted by Crippen LogP contribution is -2.36. The van der Waals surface area contributed by atoms with Crippen LogP contribution >= 0.6 is 0 Å². The Morgan fingerprint density at radius 2 is 1.93 bits per heavy atom. The minimum absolute atomic E-state index is 0.0883. The van der Waals surface area contributed by atoms with Crippen LogP contribution in [-0.2, 0) is 4.79 Å². The van der Waals surface area contributed by atoms with E-state index in [1.54, 1.807) is 0 Å². The Labute approximate surface area is 91.7 Å². The lowest BCUT2D eigenvalue weighted by Gasteiger charge is -2.10. The van der Waals surface area contributed by atoms with Crippen molar-refractivity contribution in [1.29, 1.82) is 0 Å². The monoisotopic (exact) mass is 217 g/mol. The van der Waals surface area contributed by atoms with E-state index in [1.165, 1.54) is 19.3 Å². The second-order valence-electron chi connectivity index (χ2n) is 3.73. The molecule has 0 rings (SSSR count). The minimum Gasteiger partial charge on any atom is -0.395 e. The van der Waals surface area contributed by atoms with Gasteiger partial charge in [0.2, 0.25) is 5.91 Å². The smallest absolute Gasteiger partial charge is 0.248 e. The van der Waals surface area contributed by atoms with Gasteiger partial charge in [-0.15, -0.1) is 0 Å². The van der Waals surface area contributed by atoms with Gasteiger partial charge < -0.3 is 15.5 Å². The van der Waals surface area contributed by atoms with Gasteiger partial charge in [0.1, 0.15) is 6.10 Å². The molecule has 0 aromatic rings. The number of amides is 1. The molecular formula is C11H23NO3. The number of aliphatic hydroxyl groups is 2. The third-order valence-electron chi connectivity index (χ3n) is 2.29. The summed E-state index contributed by atoms with van der Waals surface area (Å²) in [5.74, 6) is -0.375. The van der Waals surface area contributed by atoms with Crippen LogP contribution in [0.15, 0.2) is 0 Å². The first-order valence-electron chi connectivity index (χ1n) is 5.79. The van der Waals surface area contributed by atoms with Gasteiger partial charge in [-0.1, -0.05) is 39.0 Å². The second kappa shape index (κ2) is 9.93. The zero-order valence-corrected chi connectivity index (χ0v) is 9.54. The lowest BCUT2D eigenvalue weighted by atomic mass is 10.1. The van der Waals surface area contributed by atoms with E-state index >= 15 is 0 Å². The molecule has 1 amide bonds. The van der Waals surface area contributed by atoms with Gasteiger partial charge in [-0.3, -0.25) is 4.79 Å². The summed E-state index contributed by atoms with van der Waals surface area (Å²) in [5, 5.41) is 20.3. The number of nitrogens with one attached hydrogen (secondary N) is 1. The van der Waals surface area contributed by atoms with Crippen LogP contribution in [0, 0.1) is 0 Å². The normalized spacial score (nSPS) is 12.5. The number of hydrogen-bond acceptors (Lipinski definition) is 3. The fourth-order valence-electron chi connectivity index (χ4n) is 1.37. The van der Waals surface area contributed by atoms with Gasteiger partial charge in [-0.2, -0.15) is 0 Å². The molecule has 0 unspecified atom stereocenters. The maximum absolute atomic E-state index is 11.1. The molecule has 0 aromatic heterocycles. The molecule has 3 N–H and O–H groups in total. The van der Waals surface area contributed by atoms with Gasteiger partial charge >= 0.3 is 0 Å². The Bertz CT molecular complexity index is 162. The molecular weight excluding hydrogens is 194 g/mol. The van der Waals surface area contributed by atoms with Gasteiger partial charge in [0.05, 0.1) is 6.61 Å². The van der Waals surface area contributed by atoms with Crippen molar-refractivity contribution in [2.24, 2.45) is 0 Å². The van der Waals surface area contributed by atoms with Crippen LogP contribution in [0.4, 0.5) is 0 Å². The highest BCUT2D eigenvalue weighted by atomic mass is 16.3. The molecule has 0 aliphatic rings. The molecule has 0 bridgehead atoms. The second-order valence-corrected chi connectivity index (χ2v) is 3.73. The number of aliphatic hydroxyl groups excluding tert-OH is 2. The predicted molar refractivity (Wildman–Crippen MR) is 59.5 cm³/mol. The molecule has 0 spiro atoms. The Kier molecular flexibility index (Phi) is 9.52. The molecule has 0 saturated heterocycles. The number of carbonyl (C=O) groups excluding carboxylic acids is 1. The van der Waals surface area contributed by atoms with Crippen LogP contribution in [0.1, 0.15) is 45.4 Å². The molecule has 0 aliphatic carbocycles. The van der Waals surface area contributed by atoms with Crippen LogP contribution < -0.4 is 5.32 Å². The van der Waals surface area contributed by atoms with Crippen LogP contribution in [0.3, 0.4) is 0 Å². The average Bonchev–Trinajstić information content (AvgIpc) is 2.25. The van der Waals surface area contributed by atoms with Crippen LogP contribution in [0.25, 0.3) is 0 Å². The summed E-state index contributed by atoms with van der Waals surface area (Å²) in [6.07, 6.45) is 5.12. The van der Waals surface area contributed by atoms with Crippen LogP contribution in [0.5, 0.6) is 0 Å². The van der Waals surface area contributed by atoms with Gasteiger partial charge in [0.15, 0.2) is 0 Å². The topological polar surface area (TPSA) is 69.6 Å². The van der Waals surface area contributed by atoms with E-state index < -0.39 is 6.10 Å². The van der Waals surface area contributed by atoms with E-state index in [1.807, 2.05) is 0 Å². The zero-order valence-electron chi connectivity index (χ0n) is 9.54. The molecule has 0 heterocycles. The molecule has 15 heavy (non-hydrogen) atoms. The number of rotatable bonds is 9. The summed E-state index contributed by atoms with van der Waals surface area (Å²) in [4.78, 5) is 11.1. The SMILES string of the molecule is CCCCCCC[C@H](O)C(=O)NCCO. The quantitative estimate of drug-likeness (QED) is 0.501. The van der Waals surface area contributed by atoms with E-state index in [9.17, 15) is 9.90 Å². The number of unbranched alkanes of at least 4 members (excludes halogenated alkanes) is 4. The highest BCUT2D eigenvalue weighted by Crippen LogP contribution is 2.07. The molecule has 90 valence electrons. The molecule has 4 heteroatoms. The highest BCUT2D eigenvalue weighted by Gasteiger charge is 2.12. The summed E-state index contributed by atoms with van der Waals surface area (Å²) in [6.45, 7) is 2.28. The summed E-state index contributed by atoms with van der Waals surface area (Å²) < 4.78 is 0. The Balaban J connectivity index is 3.38. The van der Waals surface area contributed by atoms with Gasteiger partial charge in [-0.25, -0.2) is 0 Å². The summed E-state index contributed by atoms with van der Waals surface area (Å²) >= 11 is 0. The molecule has 0 aromatic carbocycles. The maximum Gasteiger partial charge on any atom is 0.248 e. The Hall–Kier alpha value is -0.610. The van der Waals surface area contributed by atoms with Crippen LogP contribution in [0.2, 0.25) is 0 Å². The van der Waals surface area contributed by atoms with Crippen molar-refractivity contribution in [3.8, 4) is 0 Å². The standard InChI is InChI=1S/C11H23NO3/c1-2-3-4-5-6-7-10(14)11(15)12-8-9-13/h10,13-14H,2-9H2,1H3,(H,12,15)/t10-/m0/s1. The van der Waals surface area contributed by atoms with E-state index in [0.29, 0.717) is 6.42 Å². The fraction of sp³-hybridized carbons (Fsp3) is 0.909. The minimum atomic E-state index is -0.918. The molecule has 4 nitrogen and oxygen atoms in total. The van der Waals surface area contributed by atoms with Crippen molar-refractivity contribution in [2.75, 3.05) is 13.2 Å². The first kappa shape index (κ1) is 14.4. The van der Waals surface area contributed by atoms with Crippen LogP contribution in [-0.4, -0.2) is 35.4 Å². The van der Waals surface area contributed by atoms with E-state index in [-0.39, 0.29) is 19.1 Å². The third-order valence-corrected chi connectivity index (χ3v) is 2.29. The Morgan fingerprint density at radius 1 is 1.27 bits per heavy atom.